The number of rotatable bonds is 6. The van der Waals surface area contributed by atoms with Gasteiger partial charge in [0.15, 0.2) is 11.6 Å². The Hall–Kier alpha value is -2.17. The molecule has 0 amide bonds. The van der Waals surface area contributed by atoms with E-state index < -0.39 is 5.82 Å². The Kier molecular flexibility index (Phi) is 4.87. The van der Waals surface area contributed by atoms with Crippen LogP contribution in [0.1, 0.15) is 18.1 Å². The van der Waals surface area contributed by atoms with Crippen molar-refractivity contribution < 1.29 is 4.39 Å². The van der Waals surface area contributed by atoms with Gasteiger partial charge in [0, 0.05) is 13.1 Å². The minimum Gasteiger partial charge on any atom is -0.367 e. The van der Waals surface area contributed by atoms with E-state index in [4.69, 9.17) is 0 Å². The minimum absolute atomic E-state index is 0.239. The Balaban J connectivity index is 1.95. The summed E-state index contributed by atoms with van der Waals surface area (Å²) in [6, 6.07) is 8.28. The van der Waals surface area contributed by atoms with Gasteiger partial charge in [-0.25, -0.2) is 9.37 Å². The lowest BCUT2D eigenvalue weighted by Crippen LogP contribution is -2.11. The van der Waals surface area contributed by atoms with Crippen molar-refractivity contribution in [2.45, 2.75) is 20.3 Å². The summed E-state index contributed by atoms with van der Waals surface area (Å²) in [6.45, 7) is 5.33. The van der Waals surface area contributed by atoms with E-state index in [0.29, 0.717) is 19.0 Å². The molecule has 2 rings (SSSR count). The van der Waals surface area contributed by atoms with Crippen molar-refractivity contribution in [2.75, 3.05) is 23.7 Å². The Morgan fingerprint density at radius 3 is 2.85 bits per heavy atom. The highest BCUT2D eigenvalue weighted by atomic mass is 19.1. The monoisotopic (exact) mass is 274 g/mol. The van der Waals surface area contributed by atoms with Gasteiger partial charge in [0.25, 0.3) is 0 Å². The molecule has 4 nitrogen and oxygen atoms in total. The van der Waals surface area contributed by atoms with Gasteiger partial charge in [-0.1, -0.05) is 29.8 Å². The van der Waals surface area contributed by atoms with Crippen LogP contribution in [0, 0.1) is 12.7 Å². The molecular weight excluding hydrogens is 255 g/mol. The molecule has 2 aromatic rings. The van der Waals surface area contributed by atoms with E-state index >= 15 is 0 Å². The molecule has 0 saturated carbocycles. The fraction of sp³-hybridized carbons (Fsp3) is 0.333. The molecule has 2 N–H and O–H groups in total. The molecule has 0 unspecified atom stereocenters. The molecule has 5 heteroatoms. The summed E-state index contributed by atoms with van der Waals surface area (Å²) in [6.07, 6.45) is 2.00. The zero-order valence-electron chi connectivity index (χ0n) is 11.8. The fourth-order valence-corrected chi connectivity index (χ4v) is 1.93. The van der Waals surface area contributed by atoms with Gasteiger partial charge in [0.05, 0.1) is 6.20 Å². The van der Waals surface area contributed by atoms with E-state index in [1.165, 1.54) is 17.3 Å². The highest BCUT2D eigenvalue weighted by molar-refractivity contribution is 5.41. The lowest BCUT2D eigenvalue weighted by molar-refractivity contribution is 0.617. The summed E-state index contributed by atoms with van der Waals surface area (Å²) in [7, 11) is 0. The molecule has 1 heterocycles. The van der Waals surface area contributed by atoms with Crippen molar-refractivity contribution in [3.05, 3.63) is 47.4 Å². The highest BCUT2D eigenvalue weighted by Crippen LogP contribution is 2.12. The van der Waals surface area contributed by atoms with E-state index in [9.17, 15) is 4.39 Å². The van der Waals surface area contributed by atoms with Crippen LogP contribution in [-0.2, 0) is 6.42 Å². The number of benzene rings is 1. The van der Waals surface area contributed by atoms with Gasteiger partial charge >= 0.3 is 0 Å². The smallest absolute Gasteiger partial charge is 0.224 e. The number of hydrogen-bond acceptors (Lipinski definition) is 4. The second kappa shape index (κ2) is 6.84. The molecule has 0 bridgehead atoms. The van der Waals surface area contributed by atoms with E-state index in [1.807, 2.05) is 13.0 Å². The lowest BCUT2D eigenvalue weighted by Gasteiger charge is -2.09. The van der Waals surface area contributed by atoms with Crippen LogP contribution in [0.25, 0.3) is 0 Å². The van der Waals surface area contributed by atoms with E-state index in [2.05, 4.69) is 45.7 Å². The summed E-state index contributed by atoms with van der Waals surface area (Å²) in [5.74, 6) is 0.242. The predicted octanol–water partition coefficient (Wildman–Crippen LogP) is 3.01. The molecule has 0 fully saturated rings. The zero-order chi connectivity index (χ0) is 14.4. The molecule has 20 heavy (non-hydrogen) atoms. The van der Waals surface area contributed by atoms with Crippen molar-refractivity contribution in [3.8, 4) is 0 Å². The first kappa shape index (κ1) is 14.2. The maximum atomic E-state index is 13.6. The second-order valence-electron chi connectivity index (χ2n) is 4.59. The molecule has 0 spiro atoms. The Bertz CT molecular complexity index is 572. The first-order valence-electron chi connectivity index (χ1n) is 6.75. The van der Waals surface area contributed by atoms with Crippen molar-refractivity contribution in [1.29, 1.82) is 0 Å². The van der Waals surface area contributed by atoms with Gasteiger partial charge in [-0.3, -0.25) is 0 Å². The summed E-state index contributed by atoms with van der Waals surface area (Å²) in [5, 5.41) is 5.98. The van der Waals surface area contributed by atoms with Crippen molar-refractivity contribution in [1.82, 2.24) is 9.97 Å². The lowest BCUT2D eigenvalue weighted by atomic mass is 10.1. The first-order chi connectivity index (χ1) is 9.69. The standard InChI is InChI=1S/C15H19FN4/c1-3-17-15-19-10-13(16)14(20-15)18-8-7-12-6-4-5-11(2)9-12/h4-6,9-10H,3,7-8H2,1-2H3,(H2,17,18,19,20). The van der Waals surface area contributed by atoms with Crippen LogP contribution in [0.3, 0.4) is 0 Å². The number of hydrogen-bond donors (Lipinski definition) is 2. The van der Waals surface area contributed by atoms with Crippen molar-refractivity contribution in [2.24, 2.45) is 0 Å². The minimum atomic E-state index is -0.434. The third-order valence-electron chi connectivity index (χ3n) is 2.87. The Morgan fingerprint density at radius 1 is 1.25 bits per heavy atom. The summed E-state index contributed by atoms with van der Waals surface area (Å²) in [4.78, 5) is 7.97. The van der Waals surface area contributed by atoms with Crippen LogP contribution in [0.2, 0.25) is 0 Å². The SMILES string of the molecule is CCNc1ncc(F)c(NCCc2cccc(C)c2)n1. The second-order valence-corrected chi connectivity index (χ2v) is 4.59. The quantitative estimate of drug-likeness (QED) is 0.850. The number of nitrogens with zero attached hydrogens (tertiary/aromatic N) is 2. The van der Waals surface area contributed by atoms with Gasteiger partial charge in [-0.2, -0.15) is 4.98 Å². The first-order valence-corrected chi connectivity index (χ1v) is 6.75. The average Bonchev–Trinajstić information content (AvgIpc) is 2.43. The van der Waals surface area contributed by atoms with Gasteiger partial charge in [-0.15, -0.1) is 0 Å². The third-order valence-corrected chi connectivity index (χ3v) is 2.87. The molecule has 106 valence electrons. The van der Waals surface area contributed by atoms with Crippen LogP contribution < -0.4 is 10.6 Å². The predicted molar refractivity (Wildman–Crippen MR) is 79.5 cm³/mol. The van der Waals surface area contributed by atoms with Crippen LogP contribution in [0.15, 0.2) is 30.5 Å². The summed E-state index contributed by atoms with van der Waals surface area (Å²) in [5.41, 5.74) is 2.45. The number of aromatic nitrogens is 2. The normalized spacial score (nSPS) is 10.3. The summed E-state index contributed by atoms with van der Waals surface area (Å²) >= 11 is 0. The van der Waals surface area contributed by atoms with E-state index in [1.54, 1.807) is 0 Å². The topological polar surface area (TPSA) is 49.8 Å². The molecule has 0 radical (unpaired) electrons. The van der Waals surface area contributed by atoms with Crippen molar-refractivity contribution >= 4 is 11.8 Å². The Morgan fingerprint density at radius 2 is 2.10 bits per heavy atom. The average molecular weight is 274 g/mol. The highest BCUT2D eigenvalue weighted by Gasteiger charge is 2.05. The van der Waals surface area contributed by atoms with Crippen LogP contribution in [0.4, 0.5) is 16.2 Å². The van der Waals surface area contributed by atoms with Crippen LogP contribution in [-0.4, -0.2) is 23.1 Å². The molecule has 0 aliphatic carbocycles. The number of halogens is 1. The Labute approximate surface area is 118 Å². The van der Waals surface area contributed by atoms with Crippen molar-refractivity contribution in [3.63, 3.8) is 0 Å². The maximum Gasteiger partial charge on any atom is 0.224 e. The molecular formula is C15H19FN4. The van der Waals surface area contributed by atoms with Crippen LogP contribution in [0.5, 0.6) is 0 Å². The van der Waals surface area contributed by atoms with Crippen LogP contribution >= 0.6 is 0 Å². The molecule has 1 aromatic heterocycles. The molecule has 0 aliphatic rings. The van der Waals surface area contributed by atoms with Gasteiger partial charge in [0.2, 0.25) is 5.95 Å². The van der Waals surface area contributed by atoms with E-state index in [0.717, 1.165) is 6.42 Å². The zero-order valence-corrected chi connectivity index (χ0v) is 11.8. The molecule has 0 atom stereocenters. The largest absolute Gasteiger partial charge is 0.367 e. The van der Waals surface area contributed by atoms with Gasteiger partial charge in [0.1, 0.15) is 0 Å². The molecule has 1 aromatic carbocycles. The fourth-order valence-electron chi connectivity index (χ4n) is 1.93. The third kappa shape index (κ3) is 3.91. The number of anilines is 2. The molecule has 0 aliphatic heterocycles. The number of nitrogens with one attached hydrogen (secondary N) is 2. The number of aryl methyl sites for hydroxylation is 1. The summed E-state index contributed by atoms with van der Waals surface area (Å²) < 4.78 is 13.6. The molecule has 0 saturated heterocycles. The van der Waals surface area contributed by atoms with E-state index in [-0.39, 0.29) is 5.82 Å². The maximum absolute atomic E-state index is 13.6. The van der Waals surface area contributed by atoms with Gasteiger partial charge in [-0.05, 0) is 25.8 Å². The van der Waals surface area contributed by atoms with Gasteiger partial charge < -0.3 is 10.6 Å².